The van der Waals surface area contributed by atoms with Crippen LogP contribution in [-0.2, 0) is 43.7 Å². The molecule has 4 aliphatic heterocycles. The van der Waals surface area contributed by atoms with E-state index in [2.05, 4.69) is 55.1 Å². The summed E-state index contributed by atoms with van der Waals surface area (Å²) in [5.74, 6) is 11.2. The van der Waals surface area contributed by atoms with Gasteiger partial charge in [-0.3, -0.25) is 9.59 Å². The van der Waals surface area contributed by atoms with Gasteiger partial charge in [0.2, 0.25) is 20.0 Å². The standard InChI is InChI=1S/2C36H43ClN2O6S/c2*1-24-7-5-17-36(42,16-3-4-18-40)31-12-9-28(31)21-39-22-35(15-6-8-26-19-29(37)11-13-30(26)35)23-45-33-14-10-27(20-32(33)39)34(41)38-46(43,44)25(24)2/h2*5,10-11,13-14,17,19-20,24-25,28,31,40,42H,4,6-9,12,15,18,21-23H2,1-2H3,(H,38,41)/b2*17-5+/t24-,25+,28-,31+,35-,36+;24-,25+,28-,31+,35-,36-/m00/s1. The number of fused-ring (bicyclic) bond motifs is 8. The lowest BCUT2D eigenvalue weighted by atomic mass is 9.64. The summed E-state index contributed by atoms with van der Waals surface area (Å²) in [7, 11) is -8.00. The summed E-state index contributed by atoms with van der Waals surface area (Å²) in [6, 6.07) is 22.5. The second-order valence-electron chi connectivity index (χ2n) is 27.3. The third-order valence-corrected chi connectivity index (χ3v) is 25.6. The van der Waals surface area contributed by atoms with Crippen LogP contribution in [0.4, 0.5) is 11.4 Å². The topological polar surface area (TPSA) is 232 Å². The van der Waals surface area contributed by atoms with Crippen molar-refractivity contribution in [1.82, 2.24) is 9.44 Å². The number of aryl methyl sites for hydroxylation is 2. The molecule has 6 N–H and O–H groups in total. The summed E-state index contributed by atoms with van der Waals surface area (Å²) in [6.45, 7) is 9.97. The van der Waals surface area contributed by atoms with Crippen molar-refractivity contribution in [3.8, 4) is 35.2 Å². The first-order valence-electron chi connectivity index (χ1n) is 32.6. The quantitative estimate of drug-likeness (QED) is 0.0810. The van der Waals surface area contributed by atoms with Gasteiger partial charge in [-0.1, -0.05) is 85.0 Å². The molecule has 16 nitrogen and oxygen atoms in total. The van der Waals surface area contributed by atoms with Gasteiger partial charge in [0.1, 0.15) is 22.7 Å². The van der Waals surface area contributed by atoms with Crippen LogP contribution in [0.3, 0.4) is 0 Å². The fourth-order valence-electron chi connectivity index (χ4n) is 15.3. The molecule has 4 aromatic carbocycles. The molecule has 2 saturated carbocycles. The second-order valence-corrected chi connectivity index (χ2v) is 32.2. The number of carbonyl (C=O) groups excluding carboxylic acids is 2. The SMILES string of the molecule is C[C@@H]1[C@@H](C)C/C=C/[C@@](O)(C#CCCO)[C@@H]2CC[C@H]2CN2C[C@@]3(CCCc4cc(Cl)ccc43)COc3ccc(cc32)C(=O)NS1(=O)=O.C[C@@H]1[C@@H](C)C/C=C/[C@](O)(C#CCCO)[C@@H]2CC[C@H]2CN2C[C@@]3(CCCc4cc(Cl)ccc43)COc3ccc(cc32)C(=O)NS1(=O)=O. The summed E-state index contributed by atoms with van der Waals surface area (Å²) in [5, 5.41) is 42.5. The smallest absolute Gasteiger partial charge is 0.264 e. The second kappa shape index (κ2) is 27.3. The van der Waals surface area contributed by atoms with E-state index in [1.165, 1.54) is 22.3 Å². The molecule has 4 bridgehead atoms. The number of carbonyl (C=O) groups is 2. The summed E-state index contributed by atoms with van der Waals surface area (Å²) in [5.41, 5.74) is 3.31. The maximum absolute atomic E-state index is 13.4. The van der Waals surface area contributed by atoms with E-state index >= 15 is 0 Å². The molecule has 0 saturated heterocycles. The molecule has 8 aliphatic rings. The predicted octanol–water partition coefficient (Wildman–Crippen LogP) is 10.0. The van der Waals surface area contributed by atoms with E-state index in [1.54, 1.807) is 62.4 Å². The van der Waals surface area contributed by atoms with Crippen LogP contribution in [-0.4, -0.2) is 123 Å². The molecule has 2 fully saturated rings. The van der Waals surface area contributed by atoms with Crippen LogP contribution in [0.15, 0.2) is 97.1 Å². The van der Waals surface area contributed by atoms with Gasteiger partial charge < -0.3 is 39.7 Å². The number of halogens is 2. The number of hydrogen-bond donors (Lipinski definition) is 6. The number of nitrogens with zero attached hydrogens (tertiary/aromatic N) is 2. The largest absolute Gasteiger partial charge is 0.490 e. The number of allylic oxidation sites excluding steroid dienone is 2. The Morgan fingerprint density at radius 3 is 1.38 bits per heavy atom. The third kappa shape index (κ3) is 13.9. The van der Waals surface area contributed by atoms with Gasteiger partial charge in [0.05, 0.1) is 48.3 Å². The molecule has 4 aromatic rings. The van der Waals surface area contributed by atoms with Crippen LogP contribution in [0.5, 0.6) is 11.5 Å². The van der Waals surface area contributed by atoms with Gasteiger partial charge >= 0.3 is 0 Å². The third-order valence-electron chi connectivity index (χ3n) is 21.3. The van der Waals surface area contributed by atoms with E-state index in [0.29, 0.717) is 73.8 Å². The van der Waals surface area contributed by atoms with Crippen LogP contribution in [0, 0.1) is 59.2 Å². The number of aliphatic hydroxyl groups is 4. The van der Waals surface area contributed by atoms with Crippen LogP contribution < -0.4 is 28.7 Å². The summed E-state index contributed by atoms with van der Waals surface area (Å²) in [6.07, 6.45) is 17.4. The van der Waals surface area contributed by atoms with E-state index in [0.717, 1.165) is 75.6 Å². The number of anilines is 2. The molecule has 2 spiro atoms. The van der Waals surface area contributed by atoms with E-state index in [9.17, 15) is 46.9 Å². The number of rotatable bonds is 2. The lowest BCUT2D eigenvalue weighted by molar-refractivity contribution is -0.00352. The van der Waals surface area contributed by atoms with E-state index in [-0.39, 0.29) is 83.5 Å². The van der Waals surface area contributed by atoms with Crippen molar-refractivity contribution in [2.45, 2.75) is 150 Å². The molecule has 2 amide bonds. The molecule has 4 heterocycles. The number of sulfonamides is 2. The van der Waals surface area contributed by atoms with Crippen molar-refractivity contribution < 1.29 is 56.3 Å². The maximum atomic E-state index is 13.4. The molecule has 4 aliphatic carbocycles. The molecule has 0 unspecified atom stereocenters. The van der Waals surface area contributed by atoms with E-state index < -0.39 is 53.6 Å². The molecular formula is C72H86Cl2N4O12S2. The van der Waals surface area contributed by atoms with Crippen molar-refractivity contribution in [1.29, 1.82) is 0 Å². The Morgan fingerprint density at radius 2 is 1.00 bits per heavy atom. The Labute approximate surface area is 552 Å². The first kappa shape index (κ1) is 67.4. The minimum Gasteiger partial charge on any atom is -0.490 e. The van der Waals surface area contributed by atoms with Crippen LogP contribution in [0.2, 0.25) is 10.0 Å². The van der Waals surface area contributed by atoms with Crippen molar-refractivity contribution in [3.05, 3.63) is 141 Å². The lowest BCUT2D eigenvalue weighted by Gasteiger charge is -2.47. The molecule has 0 aromatic heterocycles. The highest BCUT2D eigenvalue weighted by molar-refractivity contribution is 7.91. The minimum absolute atomic E-state index is 0.0940. The number of benzene rings is 4. The monoisotopic (exact) mass is 1330 g/mol. The fraction of sp³-hybridized carbons (Fsp3) is 0.528. The van der Waals surface area contributed by atoms with Crippen molar-refractivity contribution in [2.24, 2.45) is 35.5 Å². The minimum atomic E-state index is -4.00. The zero-order valence-electron chi connectivity index (χ0n) is 52.9. The highest BCUT2D eigenvalue weighted by Gasteiger charge is 2.50. The predicted molar refractivity (Wildman–Crippen MR) is 359 cm³/mol. The average molecular weight is 1330 g/mol. The number of ether oxygens (including phenoxy) is 2. The van der Waals surface area contributed by atoms with Gasteiger partial charge in [0.25, 0.3) is 11.8 Å². The number of nitrogens with one attached hydrogen (secondary N) is 2. The zero-order chi connectivity index (χ0) is 65.4. The van der Waals surface area contributed by atoms with Gasteiger partial charge in [0.15, 0.2) is 0 Å². The first-order chi connectivity index (χ1) is 43.9. The Bertz CT molecular complexity index is 3650. The average Bonchev–Trinajstić information content (AvgIpc) is 1.35. The van der Waals surface area contributed by atoms with Gasteiger partial charge in [0, 0.05) is 82.9 Å². The molecule has 492 valence electrons. The fourth-order valence-corrected chi connectivity index (χ4v) is 18.3. The van der Waals surface area contributed by atoms with Crippen molar-refractivity contribution >= 4 is 66.4 Å². The first-order valence-corrected chi connectivity index (χ1v) is 36.5. The van der Waals surface area contributed by atoms with Gasteiger partial charge in [-0.05, 0) is 210 Å². The highest BCUT2D eigenvalue weighted by atomic mass is 35.5. The number of aliphatic hydroxyl groups excluding tert-OH is 2. The number of amides is 2. The molecule has 0 radical (unpaired) electrons. The van der Waals surface area contributed by atoms with E-state index in [1.807, 2.05) is 50.3 Å². The molecular weight excluding hydrogens is 1250 g/mol. The zero-order valence-corrected chi connectivity index (χ0v) is 56.1. The van der Waals surface area contributed by atoms with E-state index in [4.69, 9.17) is 32.7 Å². The van der Waals surface area contributed by atoms with Crippen LogP contribution >= 0.6 is 23.2 Å². The Hall–Kier alpha value is -6.06. The van der Waals surface area contributed by atoms with Gasteiger partial charge in [-0.25, -0.2) is 26.3 Å². The Kier molecular flexibility index (Phi) is 20.0. The van der Waals surface area contributed by atoms with Crippen LogP contribution in [0.25, 0.3) is 0 Å². The number of hydrogen-bond acceptors (Lipinski definition) is 14. The molecule has 20 heteroatoms. The van der Waals surface area contributed by atoms with Crippen molar-refractivity contribution in [2.75, 3.05) is 62.4 Å². The molecule has 12 rings (SSSR count). The van der Waals surface area contributed by atoms with Crippen molar-refractivity contribution in [3.63, 3.8) is 0 Å². The van der Waals surface area contributed by atoms with Crippen LogP contribution in [0.1, 0.15) is 148 Å². The highest BCUT2D eigenvalue weighted by Crippen LogP contribution is 2.51. The summed E-state index contributed by atoms with van der Waals surface area (Å²) in [4.78, 5) is 31.4. The lowest BCUT2D eigenvalue weighted by Crippen LogP contribution is -2.52. The maximum Gasteiger partial charge on any atom is 0.264 e. The Morgan fingerprint density at radius 1 is 0.587 bits per heavy atom. The summed E-state index contributed by atoms with van der Waals surface area (Å²) >= 11 is 12.8. The molecule has 12 atom stereocenters. The molecule has 92 heavy (non-hydrogen) atoms. The Balaban J connectivity index is 0.000000188. The summed E-state index contributed by atoms with van der Waals surface area (Å²) < 4.78 is 71.0. The van der Waals surface area contributed by atoms with Gasteiger partial charge in [-0.15, -0.1) is 0 Å². The normalized spacial score (nSPS) is 32.7. The van der Waals surface area contributed by atoms with Gasteiger partial charge in [-0.2, -0.15) is 0 Å².